The Morgan fingerprint density at radius 1 is 1.19 bits per heavy atom. The molecule has 0 saturated heterocycles. The number of aryl methyl sites for hydroxylation is 2. The van der Waals surface area contributed by atoms with Gasteiger partial charge in [-0.25, -0.2) is 0 Å². The molecule has 3 aromatic rings. The number of rotatable bonds is 7. The Labute approximate surface area is 158 Å². The number of methoxy groups -OCH3 is 1. The highest BCUT2D eigenvalue weighted by molar-refractivity contribution is 6.08. The number of ketones is 1. The highest BCUT2D eigenvalue weighted by atomic mass is 16.5. The minimum absolute atomic E-state index is 0.0960. The first-order chi connectivity index (χ1) is 13.0. The van der Waals surface area contributed by atoms with Gasteiger partial charge >= 0.3 is 0 Å². The van der Waals surface area contributed by atoms with Crippen molar-refractivity contribution in [3.8, 4) is 11.5 Å². The number of furan rings is 1. The van der Waals surface area contributed by atoms with E-state index in [1.165, 1.54) is 6.08 Å². The molecular weight excluding hydrogens is 344 g/mol. The Bertz CT molecular complexity index is 982. The van der Waals surface area contributed by atoms with Crippen LogP contribution in [0.2, 0.25) is 0 Å². The van der Waals surface area contributed by atoms with Gasteiger partial charge in [0.05, 0.1) is 18.4 Å². The molecule has 0 bridgehead atoms. The van der Waals surface area contributed by atoms with E-state index in [1.807, 2.05) is 51.2 Å². The number of nitrogens with zero attached hydrogens (tertiary/aromatic N) is 2. The second kappa shape index (κ2) is 7.95. The zero-order valence-electron chi connectivity index (χ0n) is 15.9. The molecular formula is C21H22N2O4. The molecule has 0 aliphatic rings. The average Bonchev–Trinajstić information content (AvgIpc) is 3.22. The normalized spacial score (nSPS) is 11.1. The van der Waals surface area contributed by atoms with Crippen molar-refractivity contribution < 1.29 is 18.7 Å². The van der Waals surface area contributed by atoms with Gasteiger partial charge in [-0.05, 0) is 50.3 Å². The molecule has 0 saturated carbocycles. The number of hydrogen-bond donors (Lipinski definition) is 0. The van der Waals surface area contributed by atoms with Gasteiger partial charge in [-0.3, -0.25) is 9.48 Å². The van der Waals surface area contributed by atoms with Crippen LogP contribution >= 0.6 is 0 Å². The van der Waals surface area contributed by atoms with E-state index in [4.69, 9.17) is 13.9 Å². The largest absolute Gasteiger partial charge is 0.493 e. The number of aromatic nitrogens is 2. The molecule has 140 valence electrons. The first-order valence-corrected chi connectivity index (χ1v) is 8.56. The molecule has 0 aliphatic carbocycles. The van der Waals surface area contributed by atoms with Crippen LogP contribution in [-0.2, 0) is 13.7 Å². The summed E-state index contributed by atoms with van der Waals surface area (Å²) in [7, 11) is 3.42. The van der Waals surface area contributed by atoms with Crippen molar-refractivity contribution in [1.82, 2.24) is 9.78 Å². The van der Waals surface area contributed by atoms with E-state index >= 15 is 0 Å². The monoisotopic (exact) mass is 366 g/mol. The maximum absolute atomic E-state index is 12.4. The fraction of sp³-hybridized carbons (Fsp3) is 0.238. The molecule has 0 unspecified atom stereocenters. The number of ether oxygens (including phenoxy) is 2. The lowest BCUT2D eigenvalue weighted by Crippen LogP contribution is -1.99. The summed E-state index contributed by atoms with van der Waals surface area (Å²) < 4.78 is 18.4. The average molecular weight is 366 g/mol. The molecule has 0 aliphatic heterocycles. The fourth-order valence-corrected chi connectivity index (χ4v) is 2.82. The van der Waals surface area contributed by atoms with Crippen LogP contribution in [0.5, 0.6) is 11.5 Å². The lowest BCUT2D eigenvalue weighted by molar-refractivity contribution is 0.104. The number of carbonyl (C=O) groups is 1. The van der Waals surface area contributed by atoms with E-state index < -0.39 is 0 Å². The van der Waals surface area contributed by atoms with E-state index in [0.717, 1.165) is 11.4 Å². The van der Waals surface area contributed by atoms with Crippen molar-refractivity contribution in [2.75, 3.05) is 7.11 Å². The molecule has 0 N–H and O–H groups in total. The summed E-state index contributed by atoms with van der Waals surface area (Å²) in [6, 6.07) is 11.0. The molecule has 27 heavy (non-hydrogen) atoms. The smallest absolute Gasteiger partial charge is 0.189 e. The molecule has 2 heterocycles. The van der Waals surface area contributed by atoms with Crippen LogP contribution in [0, 0.1) is 13.8 Å². The first kappa shape index (κ1) is 18.5. The third kappa shape index (κ3) is 4.11. The molecule has 3 rings (SSSR count). The van der Waals surface area contributed by atoms with Crippen molar-refractivity contribution in [3.63, 3.8) is 0 Å². The summed E-state index contributed by atoms with van der Waals surface area (Å²) in [5.74, 6) is 2.45. The molecule has 6 heteroatoms. The Balaban J connectivity index is 1.65. The van der Waals surface area contributed by atoms with Gasteiger partial charge in [0.1, 0.15) is 18.1 Å². The predicted octanol–water partition coefficient (Wildman–Crippen LogP) is 4.11. The number of allylic oxidation sites excluding steroid dienone is 1. The number of para-hydroxylation sites is 2. The SMILES string of the molecule is COc1ccccc1OCc1ccc(/C=C/C(=O)c2c(C)nn(C)c2C)o1. The van der Waals surface area contributed by atoms with E-state index in [9.17, 15) is 4.79 Å². The summed E-state index contributed by atoms with van der Waals surface area (Å²) >= 11 is 0. The number of benzene rings is 1. The minimum Gasteiger partial charge on any atom is -0.493 e. The van der Waals surface area contributed by atoms with Crippen molar-refractivity contribution >= 4 is 11.9 Å². The van der Waals surface area contributed by atoms with Crippen LogP contribution in [0.3, 0.4) is 0 Å². The van der Waals surface area contributed by atoms with Crippen LogP contribution in [0.15, 0.2) is 46.9 Å². The summed E-state index contributed by atoms with van der Waals surface area (Å²) in [5.41, 5.74) is 2.18. The second-order valence-electron chi connectivity index (χ2n) is 6.11. The minimum atomic E-state index is -0.0960. The summed E-state index contributed by atoms with van der Waals surface area (Å²) in [6.07, 6.45) is 3.15. The van der Waals surface area contributed by atoms with E-state index in [0.29, 0.717) is 28.6 Å². The van der Waals surface area contributed by atoms with Gasteiger partial charge in [-0.2, -0.15) is 5.10 Å². The van der Waals surface area contributed by atoms with E-state index in [1.54, 1.807) is 23.9 Å². The third-order valence-corrected chi connectivity index (χ3v) is 4.28. The van der Waals surface area contributed by atoms with Crippen LogP contribution in [-0.4, -0.2) is 22.7 Å². The molecule has 0 radical (unpaired) electrons. The second-order valence-corrected chi connectivity index (χ2v) is 6.11. The third-order valence-electron chi connectivity index (χ3n) is 4.28. The number of hydrogen-bond acceptors (Lipinski definition) is 5. The molecule has 0 atom stereocenters. The van der Waals surface area contributed by atoms with Crippen molar-refractivity contribution in [2.45, 2.75) is 20.5 Å². The molecule has 6 nitrogen and oxygen atoms in total. The van der Waals surface area contributed by atoms with Gasteiger partial charge in [0.25, 0.3) is 0 Å². The maximum Gasteiger partial charge on any atom is 0.189 e. The van der Waals surface area contributed by atoms with Crippen molar-refractivity contribution in [3.05, 3.63) is 70.9 Å². The van der Waals surface area contributed by atoms with E-state index in [2.05, 4.69) is 5.10 Å². The van der Waals surface area contributed by atoms with Crippen molar-refractivity contribution in [2.24, 2.45) is 7.05 Å². The predicted molar refractivity (Wildman–Crippen MR) is 102 cm³/mol. The Morgan fingerprint density at radius 3 is 2.59 bits per heavy atom. The van der Waals surface area contributed by atoms with Gasteiger partial charge in [0.2, 0.25) is 0 Å². The Hall–Kier alpha value is -3.28. The summed E-state index contributed by atoms with van der Waals surface area (Å²) in [6.45, 7) is 3.97. The van der Waals surface area contributed by atoms with Crippen molar-refractivity contribution in [1.29, 1.82) is 0 Å². The molecule has 2 aromatic heterocycles. The highest BCUT2D eigenvalue weighted by Gasteiger charge is 2.15. The first-order valence-electron chi connectivity index (χ1n) is 8.56. The van der Waals surface area contributed by atoms with Gasteiger partial charge in [-0.1, -0.05) is 12.1 Å². The topological polar surface area (TPSA) is 66.5 Å². The Morgan fingerprint density at radius 2 is 1.93 bits per heavy atom. The van der Waals surface area contributed by atoms with Crippen LogP contribution < -0.4 is 9.47 Å². The Kier molecular flexibility index (Phi) is 5.45. The lowest BCUT2D eigenvalue weighted by atomic mass is 10.1. The molecule has 0 spiro atoms. The van der Waals surface area contributed by atoms with Gasteiger partial charge < -0.3 is 13.9 Å². The maximum atomic E-state index is 12.4. The summed E-state index contributed by atoms with van der Waals surface area (Å²) in [5, 5.41) is 4.27. The fourth-order valence-electron chi connectivity index (χ4n) is 2.82. The molecule has 0 fully saturated rings. The molecule has 0 amide bonds. The number of carbonyl (C=O) groups excluding carboxylic acids is 1. The standard InChI is InChI=1S/C21H22N2O4/c1-14-21(15(2)23(3)22-14)18(24)12-11-16-9-10-17(27-16)13-26-20-8-6-5-7-19(20)25-4/h5-12H,13H2,1-4H3/b12-11+. The quantitative estimate of drug-likeness (QED) is 0.465. The van der Waals surface area contributed by atoms with Crippen LogP contribution in [0.25, 0.3) is 6.08 Å². The van der Waals surface area contributed by atoms with Gasteiger partial charge in [-0.15, -0.1) is 0 Å². The van der Waals surface area contributed by atoms with Gasteiger partial charge in [0, 0.05) is 12.7 Å². The van der Waals surface area contributed by atoms with Crippen LogP contribution in [0.1, 0.15) is 33.3 Å². The van der Waals surface area contributed by atoms with E-state index in [-0.39, 0.29) is 12.4 Å². The van der Waals surface area contributed by atoms with Crippen LogP contribution in [0.4, 0.5) is 0 Å². The highest BCUT2D eigenvalue weighted by Crippen LogP contribution is 2.27. The molecule has 1 aromatic carbocycles. The summed E-state index contributed by atoms with van der Waals surface area (Å²) in [4.78, 5) is 12.4. The van der Waals surface area contributed by atoms with Gasteiger partial charge in [0.15, 0.2) is 17.3 Å². The zero-order valence-corrected chi connectivity index (χ0v) is 15.9. The lowest BCUT2D eigenvalue weighted by Gasteiger charge is -2.08. The zero-order chi connectivity index (χ0) is 19.4.